The highest BCUT2D eigenvalue weighted by Crippen LogP contribution is 2.48. The lowest BCUT2D eigenvalue weighted by atomic mass is 10.1. The van der Waals surface area contributed by atoms with E-state index >= 15 is 0 Å². The second kappa shape index (κ2) is 21.8. The van der Waals surface area contributed by atoms with Crippen LogP contribution < -0.4 is 0 Å². The van der Waals surface area contributed by atoms with Crippen molar-refractivity contribution in [3.63, 3.8) is 0 Å². The van der Waals surface area contributed by atoms with E-state index in [-0.39, 0.29) is 0 Å². The summed E-state index contributed by atoms with van der Waals surface area (Å²) in [6.45, 7) is 0. The van der Waals surface area contributed by atoms with Crippen LogP contribution in [0, 0.1) is 0 Å². The molecule has 0 aliphatic carbocycles. The SMILES string of the molecule is c1ccc(-n2c3ccccc3c3ccc4c(c5ccccc5n4-c4ccccc4-c4nc(-c5ccccc5-n5c6ccccc6c6c5ccc5c7ccccc7n(-c7ccccc7)c56)nc(-c5ccccc5-n5c6ccccc6c6c5ccc5c7ccccc7n(-c7ccccc7)c56)n4)c32)cc1. The fourth-order valence-electron chi connectivity index (χ4n) is 17.2. The third kappa shape index (κ3) is 7.95. The second-order valence-corrected chi connectivity index (χ2v) is 26.5. The van der Waals surface area contributed by atoms with Crippen molar-refractivity contribution >= 4 is 131 Å². The Labute approximate surface area is 583 Å². The quantitative estimate of drug-likeness (QED) is 0.145. The Morgan fingerprint density at radius 2 is 0.382 bits per heavy atom. The van der Waals surface area contributed by atoms with Gasteiger partial charge < -0.3 is 27.4 Å². The molecule has 0 N–H and O–H groups in total. The van der Waals surface area contributed by atoms with Crippen LogP contribution in [0.1, 0.15) is 0 Å². The molecule has 7 aromatic heterocycles. The van der Waals surface area contributed by atoms with Crippen molar-refractivity contribution in [3.05, 3.63) is 346 Å². The third-order valence-electron chi connectivity index (χ3n) is 21.2. The van der Waals surface area contributed by atoms with Gasteiger partial charge in [-0.1, -0.05) is 218 Å². The van der Waals surface area contributed by atoms with E-state index in [4.69, 9.17) is 15.0 Å². The molecule has 474 valence electrons. The van der Waals surface area contributed by atoms with Gasteiger partial charge >= 0.3 is 0 Å². The molecule has 0 fully saturated rings. The van der Waals surface area contributed by atoms with Gasteiger partial charge in [0.2, 0.25) is 0 Å². The molecule has 22 rings (SSSR count). The molecule has 0 saturated carbocycles. The van der Waals surface area contributed by atoms with Crippen molar-refractivity contribution < 1.29 is 0 Å². The van der Waals surface area contributed by atoms with Gasteiger partial charge in [0.15, 0.2) is 17.5 Å². The average Bonchev–Trinajstić information content (AvgIpc) is 1.56. The van der Waals surface area contributed by atoms with Crippen molar-refractivity contribution in [2.24, 2.45) is 0 Å². The number of rotatable bonds is 9. The summed E-state index contributed by atoms with van der Waals surface area (Å²) in [7, 11) is 0. The van der Waals surface area contributed by atoms with Crippen molar-refractivity contribution in [2.75, 3.05) is 0 Å². The highest BCUT2D eigenvalue weighted by molar-refractivity contribution is 6.29. The van der Waals surface area contributed by atoms with Crippen LogP contribution in [0.5, 0.6) is 0 Å². The summed E-state index contributed by atoms with van der Waals surface area (Å²) < 4.78 is 14.6. The van der Waals surface area contributed by atoms with Crippen LogP contribution in [0.4, 0.5) is 0 Å². The predicted molar refractivity (Wildman–Crippen MR) is 422 cm³/mol. The first-order valence-corrected chi connectivity index (χ1v) is 34.8. The predicted octanol–water partition coefficient (Wildman–Crippen LogP) is 23.5. The molecule has 0 unspecified atom stereocenters. The summed E-state index contributed by atoms with van der Waals surface area (Å²) in [5, 5.41) is 14.1. The number of nitrogens with zero attached hydrogens (tertiary/aromatic N) is 9. The van der Waals surface area contributed by atoms with Crippen LogP contribution in [-0.2, 0) is 0 Å². The van der Waals surface area contributed by atoms with Crippen LogP contribution in [0.3, 0.4) is 0 Å². The highest BCUT2D eigenvalue weighted by Gasteiger charge is 2.29. The number of fused-ring (bicyclic) bond motifs is 21. The zero-order valence-corrected chi connectivity index (χ0v) is 54.9. The summed E-state index contributed by atoms with van der Waals surface area (Å²) in [6, 6.07) is 125. The molecule has 0 radical (unpaired) electrons. The van der Waals surface area contributed by atoms with Gasteiger partial charge in [-0.05, 0) is 127 Å². The topological polar surface area (TPSA) is 68.2 Å². The Morgan fingerprint density at radius 1 is 0.157 bits per heavy atom. The van der Waals surface area contributed by atoms with E-state index in [0.717, 1.165) is 149 Å². The zero-order valence-electron chi connectivity index (χ0n) is 54.9. The first kappa shape index (κ1) is 56.2. The summed E-state index contributed by atoms with van der Waals surface area (Å²) >= 11 is 0. The summed E-state index contributed by atoms with van der Waals surface area (Å²) in [5.41, 5.74) is 22.0. The number of hydrogen-bond donors (Lipinski definition) is 0. The number of benzene rings is 15. The zero-order chi connectivity index (χ0) is 66.7. The van der Waals surface area contributed by atoms with Crippen LogP contribution in [0.15, 0.2) is 346 Å². The average molecular weight is 1300 g/mol. The van der Waals surface area contributed by atoms with Gasteiger partial charge in [0, 0.05) is 98.4 Å². The molecule has 102 heavy (non-hydrogen) atoms. The number of hydrogen-bond acceptors (Lipinski definition) is 3. The van der Waals surface area contributed by atoms with Gasteiger partial charge in [0.25, 0.3) is 0 Å². The Balaban J connectivity index is 0.825. The van der Waals surface area contributed by atoms with Crippen molar-refractivity contribution in [3.8, 4) is 68.3 Å². The molecule has 0 aliphatic heterocycles. The second-order valence-electron chi connectivity index (χ2n) is 26.5. The molecule has 22 aromatic rings. The largest absolute Gasteiger partial charge is 0.309 e. The molecule has 0 amide bonds. The smallest absolute Gasteiger partial charge is 0.166 e. The number of para-hydroxylation sites is 12. The van der Waals surface area contributed by atoms with E-state index in [2.05, 4.69) is 373 Å². The molecule has 0 aliphatic rings. The molecule has 0 atom stereocenters. The molecule has 9 nitrogen and oxygen atoms in total. The summed E-state index contributed by atoms with van der Waals surface area (Å²) in [5.74, 6) is 1.61. The maximum Gasteiger partial charge on any atom is 0.166 e. The lowest BCUT2D eigenvalue weighted by molar-refractivity contribution is 1.05. The highest BCUT2D eigenvalue weighted by atomic mass is 15.1. The lowest BCUT2D eigenvalue weighted by Crippen LogP contribution is -2.06. The van der Waals surface area contributed by atoms with Gasteiger partial charge in [-0.25, -0.2) is 15.0 Å². The minimum Gasteiger partial charge on any atom is -0.309 e. The van der Waals surface area contributed by atoms with Gasteiger partial charge in [0.05, 0.1) is 83.3 Å². The van der Waals surface area contributed by atoms with Crippen molar-refractivity contribution in [1.82, 2.24) is 42.4 Å². The summed E-state index contributed by atoms with van der Waals surface area (Å²) in [4.78, 5) is 17.5. The van der Waals surface area contributed by atoms with Crippen LogP contribution in [-0.4, -0.2) is 42.4 Å². The van der Waals surface area contributed by atoms with Crippen molar-refractivity contribution in [2.45, 2.75) is 0 Å². The first-order valence-electron chi connectivity index (χ1n) is 34.8. The molecular weight excluding hydrogens is 1240 g/mol. The van der Waals surface area contributed by atoms with Gasteiger partial charge in [0.1, 0.15) is 0 Å². The fraction of sp³-hybridized carbons (Fsp3) is 0. The molecule has 0 spiro atoms. The number of aromatic nitrogens is 9. The molecule has 0 saturated heterocycles. The monoisotopic (exact) mass is 1300 g/mol. The maximum absolute atomic E-state index is 5.84. The van der Waals surface area contributed by atoms with Crippen LogP contribution >= 0.6 is 0 Å². The van der Waals surface area contributed by atoms with Crippen molar-refractivity contribution in [1.29, 1.82) is 0 Å². The minimum atomic E-state index is 0.535. The van der Waals surface area contributed by atoms with E-state index < -0.39 is 0 Å². The summed E-state index contributed by atoms with van der Waals surface area (Å²) in [6.07, 6.45) is 0. The molecule has 0 bridgehead atoms. The van der Waals surface area contributed by atoms with Crippen LogP contribution in [0.25, 0.3) is 199 Å². The van der Waals surface area contributed by atoms with E-state index in [1.54, 1.807) is 0 Å². The van der Waals surface area contributed by atoms with E-state index in [9.17, 15) is 0 Å². The normalized spacial score (nSPS) is 12.1. The van der Waals surface area contributed by atoms with E-state index in [1.807, 2.05) is 0 Å². The first-order chi connectivity index (χ1) is 50.7. The molecule has 9 heteroatoms. The van der Waals surface area contributed by atoms with E-state index in [1.165, 1.54) is 32.3 Å². The Bertz CT molecular complexity index is 6550. The molecule has 7 heterocycles. The fourth-order valence-corrected chi connectivity index (χ4v) is 17.2. The van der Waals surface area contributed by atoms with E-state index in [0.29, 0.717) is 17.5 Å². The Kier molecular flexibility index (Phi) is 12.0. The van der Waals surface area contributed by atoms with Gasteiger partial charge in [-0.2, -0.15) is 0 Å². The lowest BCUT2D eigenvalue weighted by Gasteiger charge is -2.18. The van der Waals surface area contributed by atoms with Crippen LogP contribution in [0.2, 0.25) is 0 Å². The Morgan fingerprint density at radius 3 is 0.667 bits per heavy atom. The Hall–Kier alpha value is -13.9. The molecular formula is C93H57N9. The maximum atomic E-state index is 5.84. The van der Waals surface area contributed by atoms with Gasteiger partial charge in [-0.3, -0.25) is 0 Å². The third-order valence-corrected chi connectivity index (χ3v) is 21.2. The minimum absolute atomic E-state index is 0.535. The standard InChI is InChI=1S/C93H57N9/c1-4-28-58(29-5-1)97-73-43-19-10-34-61(73)64-52-55-82-85(88(64)97)67-37-13-22-46-76(67)100(82)79-49-25-16-40-70(79)91-94-92(71-41-17-26-50-80(71)101-77-47-23-14-38-68(77)86-83(101)56-53-65-62-35-11-20-44-74(62)98(89(65)86)59-30-6-2-7-31-59)96-93(95-91)72-42-18-27-51-81(72)102-78-48-24-15-39-69(78)87-84(102)57-54-66-63-36-12-21-45-75(63)99(90(66)87)60-32-8-3-9-33-60/h1-57H. The van der Waals surface area contributed by atoms with Gasteiger partial charge in [-0.15, -0.1) is 0 Å². The molecule has 15 aromatic carbocycles.